The lowest BCUT2D eigenvalue weighted by molar-refractivity contribution is -0.274. The molecular weight excluding hydrogens is 439 g/mol. The average molecular weight is 455 g/mol. The number of carbonyl (C=O) groups is 1. The van der Waals surface area contributed by atoms with Crippen LogP contribution in [0.15, 0.2) is 67.3 Å². The number of amides is 1. The summed E-state index contributed by atoms with van der Waals surface area (Å²) in [7, 11) is 0. The fraction of sp³-hybridized carbons (Fsp3) is 0.182. The Bertz CT molecular complexity index is 1320. The highest BCUT2D eigenvalue weighted by Gasteiger charge is 2.43. The molecule has 4 aromatic rings. The van der Waals surface area contributed by atoms with Crippen LogP contribution < -0.4 is 14.8 Å². The fourth-order valence-electron chi connectivity index (χ4n) is 3.92. The first-order valence-electron chi connectivity index (χ1n) is 9.91. The molecule has 1 amide bonds. The third-order valence-electron chi connectivity index (χ3n) is 5.34. The van der Waals surface area contributed by atoms with Gasteiger partial charge < -0.3 is 14.8 Å². The smallest absolute Gasteiger partial charge is 0.491 e. The van der Waals surface area contributed by atoms with Crippen molar-refractivity contribution in [3.8, 4) is 11.5 Å². The van der Waals surface area contributed by atoms with E-state index in [1.165, 1.54) is 35.0 Å². The number of alkyl halides is 3. The molecule has 0 fully saturated rings. The van der Waals surface area contributed by atoms with Crippen LogP contribution in [0.1, 0.15) is 28.0 Å². The zero-order valence-corrected chi connectivity index (χ0v) is 16.9. The second-order valence-corrected chi connectivity index (χ2v) is 7.33. The van der Waals surface area contributed by atoms with Crippen molar-refractivity contribution in [1.82, 2.24) is 24.9 Å². The fourth-order valence-corrected chi connectivity index (χ4v) is 3.92. The van der Waals surface area contributed by atoms with E-state index >= 15 is 0 Å². The van der Waals surface area contributed by atoms with Crippen LogP contribution in [0, 0.1) is 0 Å². The Hall–Kier alpha value is -4.15. The molecule has 0 spiro atoms. The molecule has 0 radical (unpaired) electrons. The predicted molar refractivity (Wildman–Crippen MR) is 109 cm³/mol. The van der Waals surface area contributed by atoms with Crippen LogP contribution >= 0.6 is 0 Å². The van der Waals surface area contributed by atoms with E-state index in [1.54, 1.807) is 36.8 Å². The van der Waals surface area contributed by atoms with Crippen molar-refractivity contribution in [3.63, 3.8) is 0 Å². The summed E-state index contributed by atoms with van der Waals surface area (Å²) in [6.07, 6.45) is 1.68. The van der Waals surface area contributed by atoms with Gasteiger partial charge in [0.15, 0.2) is 5.65 Å². The van der Waals surface area contributed by atoms with Gasteiger partial charge in [-0.15, -0.1) is 13.2 Å². The highest BCUT2D eigenvalue weighted by molar-refractivity contribution is 6.00. The zero-order valence-electron chi connectivity index (χ0n) is 16.9. The van der Waals surface area contributed by atoms with Gasteiger partial charge in [-0.2, -0.15) is 5.10 Å². The molecule has 0 saturated carbocycles. The molecular formula is C22H16F3N5O3. The Kier molecular flexibility index (Phi) is 4.88. The highest BCUT2D eigenvalue weighted by atomic mass is 19.4. The molecule has 1 aliphatic rings. The number of aromatic nitrogens is 4. The highest BCUT2D eigenvalue weighted by Crippen LogP contribution is 2.41. The third kappa shape index (κ3) is 3.81. The maximum absolute atomic E-state index is 13.4. The molecule has 11 heteroatoms. The number of nitrogens with zero attached hydrogens (tertiary/aromatic N) is 4. The summed E-state index contributed by atoms with van der Waals surface area (Å²) in [5, 5.41) is 7.18. The van der Waals surface area contributed by atoms with Crippen LogP contribution in [0.2, 0.25) is 0 Å². The van der Waals surface area contributed by atoms with Crippen LogP contribution in [0.4, 0.5) is 13.2 Å². The molecule has 3 aromatic heterocycles. The van der Waals surface area contributed by atoms with E-state index in [4.69, 9.17) is 4.74 Å². The lowest BCUT2D eigenvalue weighted by Crippen LogP contribution is -2.50. The first kappa shape index (κ1) is 20.7. The van der Waals surface area contributed by atoms with Gasteiger partial charge in [0.1, 0.15) is 28.3 Å². The van der Waals surface area contributed by atoms with Crippen LogP contribution in [-0.4, -0.2) is 38.5 Å². The van der Waals surface area contributed by atoms with E-state index in [-0.39, 0.29) is 17.9 Å². The van der Waals surface area contributed by atoms with Gasteiger partial charge in [-0.1, -0.05) is 12.1 Å². The molecule has 168 valence electrons. The Balaban J connectivity index is 1.58. The van der Waals surface area contributed by atoms with Gasteiger partial charge >= 0.3 is 6.36 Å². The average Bonchev–Trinajstić information content (AvgIpc) is 3.23. The standard InChI is InChI=1S/C22H16F3N5O3/c23-22(24,25)33-15-6-4-14(5-7-15)21(8-12-32-17-3-1-9-26-18(17)21)29-20(31)16-13-28-30-11-2-10-27-19(16)30/h1-7,9-11,13H,8,12H2,(H,29,31)/t21-/m0/s1. The lowest BCUT2D eigenvalue weighted by Gasteiger charge is -2.39. The molecule has 0 aliphatic carbocycles. The number of carbonyl (C=O) groups excluding carboxylic acids is 1. The number of nitrogens with one attached hydrogen (secondary N) is 1. The quantitative estimate of drug-likeness (QED) is 0.507. The predicted octanol–water partition coefficient (Wildman–Crippen LogP) is 3.48. The maximum atomic E-state index is 13.4. The maximum Gasteiger partial charge on any atom is 0.573 e. The Labute approximate surface area is 185 Å². The summed E-state index contributed by atoms with van der Waals surface area (Å²) in [5.74, 6) is -0.358. The van der Waals surface area contributed by atoms with Gasteiger partial charge in [-0.25, -0.2) is 9.50 Å². The number of hydrogen-bond acceptors (Lipinski definition) is 6. The number of halogens is 3. The molecule has 1 aromatic carbocycles. The van der Waals surface area contributed by atoms with Crippen molar-refractivity contribution in [2.24, 2.45) is 0 Å². The Morgan fingerprint density at radius 1 is 1.12 bits per heavy atom. The molecule has 0 saturated heterocycles. The molecule has 4 heterocycles. The molecule has 0 unspecified atom stereocenters. The van der Waals surface area contributed by atoms with E-state index < -0.39 is 17.8 Å². The van der Waals surface area contributed by atoms with E-state index in [2.05, 4.69) is 25.1 Å². The molecule has 33 heavy (non-hydrogen) atoms. The lowest BCUT2D eigenvalue weighted by atomic mass is 9.81. The number of benzene rings is 1. The second kappa shape index (κ2) is 7.76. The summed E-state index contributed by atoms with van der Waals surface area (Å²) in [6.45, 7) is 0.257. The number of rotatable bonds is 4. The number of hydrogen-bond donors (Lipinski definition) is 1. The molecule has 5 rings (SSSR count). The summed E-state index contributed by atoms with van der Waals surface area (Å²) in [4.78, 5) is 22.0. The van der Waals surface area contributed by atoms with Gasteiger partial charge in [-0.3, -0.25) is 9.78 Å². The minimum Gasteiger partial charge on any atom is -0.491 e. The SMILES string of the molecule is O=C(N[C@]1(c2ccc(OC(F)(F)F)cc2)CCOc2cccnc21)c1cnn2cccnc12. The van der Waals surface area contributed by atoms with Crippen LogP contribution in [-0.2, 0) is 5.54 Å². The van der Waals surface area contributed by atoms with Crippen molar-refractivity contribution in [2.75, 3.05) is 6.61 Å². The zero-order chi connectivity index (χ0) is 23.1. The van der Waals surface area contributed by atoms with Gasteiger partial charge in [-0.05, 0) is 35.9 Å². The topological polar surface area (TPSA) is 90.6 Å². The van der Waals surface area contributed by atoms with Crippen LogP contribution in [0.5, 0.6) is 11.5 Å². The largest absolute Gasteiger partial charge is 0.573 e. The number of ether oxygens (including phenoxy) is 2. The normalized spacial score (nSPS) is 17.8. The van der Waals surface area contributed by atoms with Gasteiger partial charge in [0.05, 0.1) is 12.8 Å². The van der Waals surface area contributed by atoms with E-state index in [0.717, 1.165) is 0 Å². The Morgan fingerprint density at radius 3 is 2.70 bits per heavy atom. The van der Waals surface area contributed by atoms with Crippen molar-refractivity contribution in [3.05, 3.63) is 84.1 Å². The van der Waals surface area contributed by atoms with Crippen LogP contribution in [0.25, 0.3) is 5.65 Å². The van der Waals surface area contributed by atoms with Crippen molar-refractivity contribution >= 4 is 11.6 Å². The van der Waals surface area contributed by atoms with E-state index in [0.29, 0.717) is 29.1 Å². The third-order valence-corrected chi connectivity index (χ3v) is 5.34. The first-order chi connectivity index (χ1) is 15.9. The summed E-state index contributed by atoms with van der Waals surface area (Å²) in [6, 6.07) is 10.5. The number of fused-ring (bicyclic) bond motifs is 2. The summed E-state index contributed by atoms with van der Waals surface area (Å²) < 4.78 is 49.0. The molecule has 1 atom stereocenters. The first-order valence-corrected chi connectivity index (χ1v) is 9.91. The summed E-state index contributed by atoms with van der Waals surface area (Å²) >= 11 is 0. The molecule has 1 N–H and O–H groups in total. The Morgan fingerprint density at radius 2 is 1.91 bits per heavy atom. The van der Waals surface area contributed by atoms with E-state index in [1.807, 2.05) is 0 Å². The van der Waals surface area contributed by atoms with Gasteiger partial charge in [0.25, 0.3) is 5.91 Å². The van der Waals surface area contributed by atoms with Crippen molar-refractivity contribution < 1.29 is 27.4 Å². The molecule has 8 nitrogen and oxygen atoms in total. The monoisotopic (exact) mass is 455 g/mol. The minimum absolute atomic E-state index is 0.246. The van der Waals surface area contributed by atoms with Gasteiger partial charge in [0, 0.05) is 25.0 Å². The summed E-state index contributed by atoms with van der Waals surface area (Å²) in [5.41, 5.74) is 0.422. The second-order valence-electron chi connectivity index (χ2n) is 7.33. The molecule has 0 bridgehead atoms. The van der Waals surface area contributed by atoms with Crippen LogP contribution in [0.3, 0.4) is 0 Å². The molecule has 1 aliphatic heterocycles. The number of pyridine rings is 1. The van der Waals surface area contributed by atoms with Crippen molar-refractivity contribution in [1.29, 1.82) is 0 Å². The van der Waals surface area contributed by atoms with Crippen molar-refractivity contribution in [2.45, 2.75) is 18.3 Å². The van der Waals surface area contributed by atoms with E-state index in [9.17, 15) is 18.0 Å². The minimum atomic E-state index is -4.81. The van der Waals surface area contributed by atoms with Gasteiger partial charge in [0.2, 0.25) is 0 Å².